The largest absolute Gasteiger partial charge is 0.326 e. The summed E-state index contributed by atoms with van der Waals surface area (Å²) in [4.78, 5) is 11.6. The zero-order valence-electron chi connectivity index (χ0n) is 9.30. The van der Waals surface area contributed by atoms with Crippen molar-refractivity contribution in [2.45, 2.75) is 27.2 Å². The summed E-state index contributed by atoms with van der Waals surface area (Å²) in [6, 6.07) is 4.34. The minimum absolute atomic E-state index is 0.0190. The van der Waals surface area contributed by atoms with Crippen molar-refractivity contribution in [3.8, 4) is 0 Å². The highest BCUT2D eigenvalue weighted by atomic mass is 19.1. The molecule has 1 unspecified atom stereocenters. The third-order valence-electron chi connectivity index (χ3n) is 2.51. The van der Waals surface area contributed by atoms with Crippen LogP contribution in [0.4, 0.5) is 10.1 Å². The average Bonchev–Trinajstić information content (AvgIpc) is 2.20. The Labute approximate surface area is 89.5 Å². The Morgan fingerprint density at radius 1 is 1.53 bits per heavy atom. The second-order valence-electron chi connectivity index (χ2n) is 3.76. The van der Waals surface area contributed by atoms with Crippen LogP contribution in [-0.2, 0) is 4.79 Å². The molecule has 1 atom stereocenters. The lowest BCUT2D eigenvalue weighted by atomic mass is 10.1. The average molecular weight is 209 g/mol. The van der Waals surface area contributed by atoms with Gasteiger partial charge in [0.15, 0.2) is 0 Å². The highest BCUT2D eigenvalue weighted by molar-refractivity contribution is 5.92. The lowest BCUT2D eigenvalue weighted by molar-refractivity contribution is -0.119. The monoisotopic (exact) mass is 209 g/mol. The summed E-state index contributed by atoms with van der Waals surface area (Å²) in [5, 5.41) is 2.78. The predicted octanol–water partition coefficient (Wildman–Crippen LogP) is 3.12. The molecule has 1 N–H and O–H groups in total. The molecule has 0 bridgehead atoms. The van der Waals surface area contributed by atoms with Gasteiger partial charge in [0.2, 0.25) is 5.91 Å². The minimum atomic E-state index is -0.283. The number of carbonyl (C=O) groups excluding carboxylic acids is 1. The van der Waals surface area contributed by atoms with E-state index in [2.05, 4.69) is 5.32 Å². The van der Waals surface area contributed by atoms with Gasteiger partial charge in [-0.25, -0.2) is 4.39 Å². The zero-order chi connectivity index (χ0) is 11.4. The molecule has 0 saturated heterocycles. The van der Waals surface area contributed by atoms with Gasteiger partial charge >= 0.3 is 0 Å². The number of nitrogens with one attached hydrogen (secondary N) is 1. The van der Waals surface area contributed by atoms with Crippen molar-refractivity contribution in [1.82, 2.24) is 0 Å². The molecule has 1 aromatic rings. The molecule has 0 aliphatic rings. The number of rotatable bonds is 3. The first-order valence-electron chi connectivity index (χ1n) is 5.11. The summed E-state index contributed by atoms with van der Waals surface area (Å²) < 4.78 is 12.8. The highest BCUT2D eigenvalue weighted by Gasteiger charge is 2.11. The SMILES string of the molecule is CCC(C)C(=O)Nc1ccc(F)cc1C. The van der Waals surface area contributed by atoms with Crippen molar-refractivity contribution in [3.05, 3.63) is 29.6 Å². The van der Waals surface area contributed by atoms with Crippen LogP contribution in [0, 0.1) is 18.7 Å². The molecule has 0 radical (unpaired) electrons. The van der Waals surface area contributed by atoms with Crippen molar-refractivity contribution >= 4 is 11.6 Å². The third-order valence-corrected chi connectivity index (χ3v) is 2.51. The molecule has 3 heteroatoms. The Bertz CT molecular complexity index is 363. The van der Waals surface area contributed by atoms with Crippen LogP contribution in [0.15, 0.2) is 18.2 Å². The van der Waals surface area contributed by atoms with Gasteiger partial charge in [-0.05, 0) is 37.1 Å². The van der Waals surface area contributed by atoms with Crippen LogP contribution in [0.1, 0.15) is 25.8 Å². The van der Waals surface area contributed by atoms with Crippen LogP contribution in [0.25, 0.3) is 0 Å². The van der Waals surface area contributed by atoms with Crippen LogP contribution < -0.4 is 5.32 Å². The van der Waals surface area contributed by atoms with Crippen molar-refractivity contribution in [2.24, 2.45) is 5.92 Å². The molecular weight excluding hydrogens is 193 g/mol. The second kappa shape index (κ2) is 4.91. The first-order valence-corrected chi connectivity index (χ1v) is 5.11. The topological polar surface area (TPSA) is 29.1 Å². The molecule has 1 aromatic carbocycles. The van der Waals surface area contributed by atoms with E-state index >= 15 is 0 Å². The van der Waals surface area contributed by atoms with Crippen molar-refractivity contribution < 1.29 is 9.18 Å². The number of benzene rings is 1. The first-order chi connectivity index (χ1) is 7.04. The summed E-state index contributed by atoms with van der Waals surface area (Å²) in [6.45, 7) is 5.60. The van der Waals surface area contributed by atoms with Crippen molar-refractivity contribution in [2.75, 3.05) is 5.32 Å². The maximum atomic E-state index is 12.8. The zero-order valence-corrected chi connectivity index (χ0v) is 9.30. The van der Waals surface area contributed by atoms with Gasteiger partial charge in [-0.1, -0.05) is 13.8 Å². The van der Waals surface area contributed by atoms with Crippen molar-refractivity contribution in [3.63, 3.8) is 0 Å². The van der Waals surface area contributed by atoms with E-state index in [0.717, 1.165) is 12.0 Å². The molecule has 0 spiro atoms. The van der Waals surface area contributed by atoms with Crippen LogP contribution in [0.3, 0.4) is 0 Å². The maximum absolute atomic E-state index is 12.8. The number of anilines is 1. The Balaban J connectivity index is 2.77. The first kappa shape index (κ1) is 11.7. The van der Waals surface area contributed by atoms with Gasteiger partial charge in [-0.2, -0.15) is 0 Å². The van der Waals surface area contributed by atoms with E-state index in [1.54, 1.807) is 13.0 Å². The normalized spacial score (nSPS) is 12.3. The van der Waals surface area contributed by atoms with Crippen LogP contribution >= 0.6 is 0 Å². The fourth-order valence-corrected chi connectivity index (χ4v) is 1.21. The second-order valence-corrected chi connectivity index (χ2v) is 3.76. The van der Waals surface area contributed by atoms with E-state index < -0.39 is 0 Å². The van der Waals surface area contributed by atoms with Gasteiger partial charge < -0.3 is 5.32 Å². The van der Waals surface area contributed by atoms with Crippen LogP contribution in [0.5, 0.6) is 0 Å². The smallest absolute Gasteiger partial charge is 0.227 e. The standard InChI is InChI=1S/C12H16FNO/c1-4-8(2)12(15)14-11-6-5-10(13)7-9(11)3/h5-8H,4H2,1-3H3,(H,14,15). The predicted molar refractivity (Wildman–Crippen MR) is 59.2 cm³/mol. The number of hydrogen-bond donors (Lipinski definition) is 1. The molecule has 2 nitrogen and oxygen atoms in total. The Hall–Kier alpha value is -1.38. The summed E-state index contributed by atoms with van der Waals surface area (Å²) in [7, 11) is 0. The number of halogens is 1. The highest BCUT2D eigenvalue weighted by Crippen LogP contribution is 2.17. The van der Waals surface area contributed by atoms with Gasteiger partial charge in [0, 0.05) is 11.6 Å². The molecule has 1 amide bonds. The summed E-state index contributed by atoms with van der Waals surface area (Å²) in [5.41, 5.74) is 1.42. The van der Waals surface area contributed by atoms with Crippen LogP contribution in [-0.4, -0.2) is 5.91 Å². The number of aryl methyl sites for hydroxylation is 1. The molecule has 0 heterocycles. The van der Waals surface area contributed by atoms with Gasteiger partial charge in [-0.3, -0.25) is 4.79 Å². The molecule has 0 aliphatic heterocycles. The lowest BCUT2D eigenvalue weighted by Gasteiger charge is -2.11. The molecule has 1 rings (SSSR count). The number of hydrogen-bond acceptors (Lipinski definition) is 1. The van der Waals surface area contributed by atoms with Gasteiger partial charge in [-0.15, -0.1) is 0 Å². The molecule has 0 aromatic heterocycles. The summed E-state index contributed by atoms with van der Waals surface area (Å²) in [6.07, 6.45) is 0.798. The Morgan fingerprint density at radius 2 is 2.20 bits per heavy atom. The van der Waals surface area contributed by atoms with Crippen molar-refractivity contribution in [1.29, 1.82) is 0 Å². The van der Waals surface area contributed by atoms with E-state index in [4.69, 9.17) is 0 Å². The van der Waals surface area contributed by atoms with E-state index in [9.17, 15) is 9.18 Å². The van der Waals surface area contributed by atoms with E-state index in [1.807, 2.05) is 13.8 Å². The number of amides is 1. The van der Waals surface area contributed by atoms with E-state index in [0.29, 0.717) is 5.69 Å². The van der Waals surface area contributed by atoms with Gasteiger partial charge in [0.05, 0.1) is 0 Å². The fraction of sp³-hybridized carbons (Fsp3) is 0.417. The van der Waals surface area contributed by atoms with E-state index in [1.165, 1.54) is 12.1 Å². The molecule has 0 saturated carbocycles. The van der Waals surface area contributed by atoms with Gasteiger partial charge in [0.25, 0.3) is 0 Å². The maximum Gasteiger partial charge on any atom is 0.227 e. The summed E-state index contributed by atoms with van der Waals surface area (Å²) in [5.74, 6) is -0.323. The lowest BCUT2D eigenvalue weighted by Crippen LogP contribution is -2.20. The Morgan fingerprint density at radius 3 is 2.73 bits per heavy atom. The summed E-state index contributed by atoms with van der Waals surface area (Å²) >= 11 is 0. The molecule has 0 aliphatic carbocycles. The minimum Gasteiger partial charge on any atom is -0.326 e. The molecule has 15 heavy (non-hydrogen) atoms. The molecular formula is C12H16FNO. The van der Waals surface area contributed by atoms with E-state index in [-0.39, 0.29) is 17.6 Å². The molecule has 82 valence electrons. The third kappa shape index (κ3) is 3.05. The van der Waals surface area contributed by atoms with Gasteiger partial charge in [0.1, 0.15) is 5.82 Å². The Kier molecular flexibility index (Phi) is 3.83. The quantitative estimate of drug-likeness (QED) is 0.814. The fourth-order valence-electron chi connectivity index (χ4n) is 1.21. The van der Waals surface area contributed by atoms with Crippen LogP contribution in [0.2, 0.25) is 0 Å². The molecule has 0 fully saturated rings. The number of carbonyl (C=O) groups is 1.